The summed E-state index contributed by atoms with van der Waals surface area (Å²) in [6, 6.07) is 19.0. The summed E-state index contributed by atoms with van der Waals surface area (Å²) in [5.74, 6) is 1.52. The molecule has 0 N–H and O–H groups in total. The Bertz CT molecular complexity index is 350. The summed E-state index contributed by atoms with van der Waals surface area (Å²) in [6.45, 7) is 1.32. The van der Waals surface area contributed by atoms with Crippen LogP contribution in [-0.2, 0) is 0 Å². The van der Waals surface area contributed by atoms with Crippen molar-refractivity contribution in [2.75, 3.05) is 0 Å². The van der Waals surface area contributed by atoms with Gasteiger partial charge in [-0.25, -0.2) is 0 Å². The third-order valence-electron chi connectivity index (χ3n) is 1.85. The number of hydrogen-bond acceptors (Lipinski definition) is 2. The molecule has 0 amide bonds. The maximum atomic E-state index is 5.26. The molecule has 2 aromatic rings. The highest BCUT2D eigenvalue weighted by Crippen LogP contribution is 2.13. The highest BCUT2D eigenvalue weighted by atomic mass is 27.0. The van der Waals surface area contributed by atoms with Crippen LogP contribution in [0.5, 0.6) is 11.5 Å². The first kappa shape index (κ1) is 12.6. The summed E-state index contributed by atoms with van der Waals surface area (Å²) >= 11 is 0. The average Bonchev–Trinajstić information content (AvgIpc) is 2.32. The smallest absolute Gasteiger partial charge is 0.316 e. The second-order valence-electron chi connectivity index (χ2n) is 2.96. The first-order valence-corrected chi connectivity index (χ1v) is 4.70. The topological polar surface area (TPSA) is 18.5 Å². The van der Waals surface area contributed by atoms with Crippen molar-refractivity contribution in [3.05, 3.63) is 67.5 Å². The van der Waals surface area contributed by atoms with Gasteiger partial charge in [-0.3, -0.25) is 0 Å². The van der Waals surface area contributed by atoms with Crippen LogP contribution in [0.3, 0.4) is 0 Å². The van der Waals surface area contributed by atoms with Crippen LogP contribution in [0.25, 0.3) is 0 Å². The van der Waals surface area contributed by atoms with E-state index >= 15 is 0 Å². The summed E-state index contributed by atoms with van der Waals surface area (Å²) in [4.78, 5) is 0. The van der Waals surface area contributed by atoms with Gasteiger partial charge in [0, 0.05) is 0 Å². The van der Waals surface area contributed by atoms with E-state index in [1.54, 1.807) is 0 Å². The monoisotopic (exact) mass is 229 g/mol. The minimum Gasteiger partial charge on any atom is -0.448 e. The van der Waals surface area contributed by atoms with E-state index in [4.69, 9.17) is 9.47 Å². The number of ether oxygens (including phenoxy) is 2. The van der Waals surface area contributed by atoms with Crippen LogP contribution in [0.2, 0.25) is 0 Å². The molecule has 1 radical (unpaired) electrons. The van der Waals surface area contributed by atoms with Crippen molar-refractivity contribution in [2.24, 2.45) is 0 Å². The van der Waals surface area contributed by atoms with Gasteiger partial charge in [0.05, 0.1) is 0 Å². The van der Waals surface area contributed by atoms with E-state index < -0.39 is 0 Å². The Morgan fingerprint density at radius 3 is 1.38 bits per heavy atom. The van der Waals surface area contributed by atoms with E-state index in [0.717, 1.165) is 11.5 Å². The predicted octanol–water partition coefficient (Wildman–Crippen LogP) is 2.08. The van der Waals surface area contributed by atoms with Crippen LogP contribution in [-0.4, -0.2) is 17.4 Å². The van der Waals surface area contributed by atoms with E-state index in [1.807, 2.05) is 60.7 Å². The van der Waals surface area contributed by atoms with Gasteiger partial charge in [-0.15, -0.1) is 0 Å². The highest BCUT2D eigenvalue weighted by molar-refractivity contribution is 5.75. The maximum Gasteiger partial charge on any atom is 0.316 e. The van der Waals surface area contributed by atoms with E-state index in [9.17, 15) is 0 Å². The average molecular weight is 229 g/mol. The zero-order valence-corrected chi connectivity index (χ0v) is 8.17. The molecule has 81 valence electrons. The Kier molecular flexibility index (Phi) is 5.49. The first-order chi connectivity index (χ1) is 7.45. The van der Waals surface area contributed by atoms with E-state index in [0.29, 0.717) is 0 Å². The lowest BCUT2D eigenvalue weighted by Gasteiger charge is -2.05. The third-order valence-corrected chi connectivity index (χ3v) is 1.85. The largest absolute Gasteiger partial charge is 0.448 e. The fourth-order valence-corrected chi connectivity index (χ4v) is 1.13. The standard InChI is InChI=1S/C13H11O2.Al.3H/c1-3-7-12(8-4-1)14-11-15-13-9-5-2-6-10-13;;;;/h1-11H;;;;. The van der Waals surface area contributed by atoms with E-state index in [2.05, 4.69) is 0 Å². The predicted molar refractivity (Wildman–Crippen MR) is 68.4 cm³/mol. The van der Waals surface area contributed by atoms with Gasteiger partial charge in [-0.1, -0.05) is 36.4 Å². The molecule has 2 aromatic carbocycles. The number of rotatable bonds is 4. The Morgan fingerprint density at radius 2 is 1.00 bits per heavy atom. The molecule has 2 nitrogen and oxygen atoms in total. The van der Waals surface area contributed by atoms with Crippen molar-refractivity contribution in [2.45, 2.75) is 0 Å². The van der Waals surface area contributed by atoms with Crippen LogP contribution in [0.1, 0.15) is 0 Å². The van der Waals surface area contributed by atoms with Gasteiger partial charge < -0.3 is 9.47 Å². The van der Waals surface area contributed by atoms with E-state index in [1.165, 1.54) is 6.79 Å². The molecule has 0 heterocycles. The summed E-state index contributed by atoms with van der Waals surface area (Å²) in [5, 5.41) is 0. The summed E-state index contributed by atoms with van der Waals surface area (Å²) in [6.07, 6.45) is 0. The first-order valence-electron chi connectivity index (χ1n) is 4.70. The molecule has 0 unspecified atom stereocenters. The second kappa shape index (κ2) is 6.95. The number of para-hydroxylation sites is 2. The lowest BCUT2D eigenvalue weighted by atomic mass is 10.3. The molecule has 3 heteroatoms. The molecule has 0 saturated carbocycles. The Hall–Kier alpha value is -1.43. The van der Waals surface area contributed by atoms with Gasteiger partial charge in [0.25, 0.3) is 0 Å². The van der Waals surface area contributed by atoms with Crippen LogP contribution in [0, 0.1) is 6.79 Å². The van der Waals surface area contributed by atoms with Crippen molar-refractivity contribution in [3.8, 4) is 11.5 Å². The van der Waals surface area contributed by atoms with Crippen LogP contribution in [0.15, 0.2) is 60.7 Å². The molecule has 0 aliphatic rings. The van der Waals surface area contributed by atoms with Gasteiger partial charge in [0.15, 0.2) is 17.4 Å². The summed E-state index contributed by atoms with van der Waals surface area (Å²) in [7, 11) is 0. The van der Waals surface area contributed by atoms with Gasteiger partial charge in [-0.05, 0) is 24.3 Å². The van der Waals surface area contributed by atoms with Gasteiger partial charge in [0.1, 0.15) is 11.5 Å². The number of benzene rings is 2. The lowest BCUT2D eigenvalue weighted by molar-refractivity contribution is 0.210. The van der Waals surface area contributed by atoms with Crippen LogP contribution >= 0.6 is 0 Å². The zero-order valence-electron chi connectivity index (χ0n) is 8.17. The zero-order chi connectivity index (χ0) is 10.3. The molecule has 0 aromatic heterocycles. The molecular formula is C13H14AlO2. The Labute approximate surface area is 106 Å². The van der Waals surface area contributed by atoms with Crippen molar-refractivity contribution in [3.63, 3.8) is 0 Å². The molecule has 2 rings (SSSR count). The Morgan fingerprint density at radius 1 is 0.625 bits per heavy atom. The van der Waals surface area contributed by atoms with E-state index in [-0.39, 0.29) is 17.4 Å². The molecule has 0 aliphatic heterocycles. The highest BCUT2D eigenvalue weighted by Gasteiger charge is 1.94. The maximum absolute atomic E-state index is 5.26. The normalized spacial score (nSPS) is 9.00. The van der Waals surface area contributed by atoms with Crippen LogP contribution in [0.4, 0.5) is 0 Å². The minimum atomic E-state index is 0. The lowest BCUT2D eigenvalue weighted by Crippen LogP contribution is -1.97. The minimum absolute atomic E-state index is 0. The summed E-state index contributed by atoms with van der Waals surface area (Å²) < 4.78 is 10.5. The molecule has 16 heavy (non-hydrogen) atoms. The summed E-state index contributed by atoms with van der Waals surface area (Å²) in [5.41, 5.74) is 0. The molecule has 0 spiro atoms. The quantitative estimate of drug-likeness (QED) is 0.747. The van der Waals surface area contributed by atoms with Crippen molar-refractivity contribution < 1.29 is 9.47 Å². The van der Waals surface area contributed by atoms with Gasteiger partial charge in [-0.2, -0.15) is 0 Å². The van der Waals surface area contributed by atoms with Crippen LogP contribution < -0.4 is 9.47 Å². The molecule has 0 aliphatic carbocycles. The fraction of sp³-hybridized carbons (Fsp3) is 0. The Balaban J connectivity index is 0.00000128. The molecule has 0 saturated heterocycles. The SMILES string of the molecule is [AlH3].[CH](Oc1ccccc1)Oc1ccccc1. The molecule has 0 bridgehead atoms. The fourth-order valence-electron chi connectivity index (χ4n) is 1.13. The van der Waals surface area contributed by atoms with Gasteiger partial charge in [0.2, 0.25) is 0 Å². The number of hydrogen-bond donors (Lipinski definition) is 0. The van der Waals surface area contributed by atoms with Crippen molar-refractivity contribution in [1.29, 1.82) is 0 Å². The van der Waals surface area contributed by atoms with Gasteiger partial charge >= 0.3 is 6.79 Å². The molecular weight excluding hydrogens is 215 g/mol. The third kappa shape index (κ3) is 3.98. The molecule has 0 fully saturated rings. The van der Waals surface area contributed by atoms with Crippen molar-refractivity contribution >= 4 is 17.4 Å². The van der Waals surface area contributed by atoms with Crippen molar-refractivity contribution in [1.82, 2.24) is 0 Å². The second-order valence-corrected chi connectivity index (χ2v) is 2.96. The molecule has 0 atom stereocenters.